The first kappa shape index (κ1) is 19.7. The molecule has 3 aromatic carbocycles. The summed E-state index contributed by atoms with van der Waals surface area (Å²) in [6.45, 7) is 0.532. The van der Waals surface area contributed by atoms with Crippen LogP contribution in [0.5, 0.6) is 11.5 Å². The van der Waals surface area contributed by atoms with Crippen LogP contribution in [0.3, 0.4) is 0 Å². The summed E-state index contributed by atoms with van der Waals surface area (Å²) in [5, 5.41) is 7.00. The maximum atomic E-state index is 5.87. The minimum atomic E-state index is 0.532. The van der Waals surface area contributed by atoms with Crippen LogP contribution in [0.25, 0.3) is 11.3 Å². The summed E-state index contributed by atoms with van der Waals surface area (Å²) in [6.07, 6.45) is 1.75. The zero-order valence-corrected chi connectivity index (χ0v) is 17.3. The molecular formula is C24H21N3O2S. The van der Waals surface area contributed by atoms with Crippen LogP contribution in [-0.4, -0.2) is 18.3 Å². The highest BCUT2D eigenvalue weighted by Crippen LogP contribution is 2.31. The topological polar surface area (TPSA) is 55.7 Å². The van der Waals surface area contributed by atoms with Gasteiger partial charge in [-0.3, -0.25) is 5.43 Å². The van der Waals surface area contributed by atoms with Crippen LogP contribution in [0.4, 0.5) is 5.13 Å². The normalized spacial score (nSPS) is 10.8. The summed E-state index contributed by atoms with van der Waals surface area (Å²) in [5.74, 6) is 1.60. The van der Waals surface area contributed by atoms with Gasteiger partial charge in [-0.05, 0) is 35.4 Å². The average molecular weight is 416 g/mol. The Morgan fingerprint density at radius 2 is 1.83 bits per heavy atom. The highest BCUT2D eigenvalue weighted by atomic mass is 32.1. The van der Waals surface area contributed by atoms with Crippen molar-refractivity contribution < 1.29 is 9.47 Å². The Hall–Kier alpha value is -3.64. The molecule has 0 amide bonds. The minimum Gasteiger partial charge on any atom is -0.496 e. The summed E-state index contributed by atoms with van der Waals surface area (Å²) in [6, 6.07) is 25.7. The lowest BCUT2D eigenvalue weighted by atomic mass is 10.1. The smallest absolute Gasteiger partial charge is 0.203 e. The number of hydrogen-bond donors (Lipinski definition) is 1. The molecule has 0 aliphatic heterocycles. The maximum Gasteiger partial charge on any atom is 0.203 e. The van der Waals surface area contributed by atoms with E-state index < -0.39 is 0 Å². The van der Waals surface area contributed by atoms with E-state index in [1.165, 1.54) is 11.3 Å². The molecule has 0 atom stereocenters. The fourth-order valence-electron chi connectivity index (χ4n) is 2.89. The molecule has 0 bridgehead atoms. The van der Waals surface area contributed by atoms with Crippen LogP contribution in [0.1, 0.15) is 11.1 Å². The van der Waals surface area contributed by atoms with E-state index in [-0.39, 0.29) is 0 Å². The second kappa shape index (κ2) is 9.71. The number of para-hydroxylation sites is 1. The molecule has 0 saturated carbocycles. The lowest BCUT2D eigenvalue weighted by molar-refractivity contribution is 0.306. The Morgan fingerprint density at radius 3 is 2.70 bits per heavy atom. The average Bonchev–Trinajstić information content (AvgIpc) is 3.27. The number of thiazole rings is 1. The summed E-state index contributed by atoms with van der Waals surface area (Å²) >= 11 is 1.49. The SMILES string of the molecule is COc1ccccc1-c1csc(N/N=C\c2cccc(OCc3ccccc3)c2)n1. The lowest BCUT2D eigenvalue weighted by Gasteiger charge is -2.06. The first-order valence-electron chi connectivity index (χ1n) is 9.46. The van der Waals surface area contributed by atoms with E-state index in [1.807, 2.05) is 84.2 Å². The molecule has 4 aromatic rings. The van der Waals surface area contributed by atoms with Gasteiger partial charge in [0.15, 0.2) is 0 Å². The van der Waals surface area contributed by atoms with Gasteiger partial charge in [-0.25, -0.2) is 4.98 Å². The first-order chi connectivity index (χ1) is 14.8. The number of ether oxygens (including phenoxy) is 2. The number of nitrogens with zero attached hydrogens (tertiary/aromatic N) is 2. The van der Waals surface area contributed by atoms with Gasteiger partial charge < -0.3 is 9.47 Å². The zero-order valence-electron chi connectivity index (χ0n) is 16.5. The van der Waals surface area contributed by atoms with Gasteiger partial charge >= 0.3 is 0 Å². The van der Waals surface area contributed by atoms with Crippen molar-refractivity contribution in [3.63, 3.8) is 0 Å². The van der Waals surface area contributed by atoms with Crippen molar-refractivity contribution in [1.29, 1.82) is 0 Å². The Morgan fingerprint density at radius 1 is 1.00 bits per heavy atom. The molecule has 0 radical (unpaired) electrons. The van der Waals surface area contributed by atoms with Gasteiger partial charge in [0.05, 0.1) is 19.0 Å². The van der Waals surface area contributed by atoms with E-state index in [0.29, 0.717) is 11.7 Å². The van der Waals surface area contributed by atoms with Crippen molar-refractivity contribution in [2.24, 2.45) is 5.10 Å². The summed E-state index contributed by atoms with van der Waals surface area (Å²) in [4.78, 5) is 4.59. The summed E-state index contributed by atoms with van der Waals surface area (Å²) < 4.78 is 11.3. The standard InChI is InChI=1S/C24H21N3O2S/c1-28-23-13-6-5-12-21(23)22-17-30-24(26-22)27-25-15-19-10-7-11-20(14-19)29-16-18-8-3-2-4-9-18/h2-15,17H,16H2,1H3,(H,26,27)/b25-15-. The lowest BCUT2D eigenvalue weighted by Crippen LogP contribution is -1.96. The van der Waals surface area contributed by atoms with E-state index in [0.717, 1.165) is 33.9 Å². The predicted molar refractivity (Wildman–Crippen MR) is 123 cm³/mol. The van der Waals surface area contributed by atoms with Crippen LogP contribution < -0.4 is 14.9 Å². The van der Waals surface area contributed by atoms with Crippen molar-refractivity contribution in [1.82, 2.24) is 4.98 Å². The van der Waals surface area contributed by atoms with Gasteiger partial charge in [0.1, 0.15) is 18.1 Å². The molecule has 150 valence electrons. The number of hydrogen-bond acceptors (Lipinski definition) is 6. The number of anilines is 1. The molecule has 0 saturated heterocycles. The summed E-state index contributed by atoms with van der Waals surface area (Å²) in [7, 11) is 1.66. The Balaban J connectivity index is 1.37. The van der Waals surface area contributed by atoms with Crippen LogP contribution in [0, 0.1) is 0 Å². The highest BCUT2D eigenvalue weighted by Gasteiger charge is 2.08. The molecule has 0 unspecified atom stereocenters. The number of methoxy groups -OCH3 is 1. The van der Waals surface area contributed by atoms with Gasteiger partial charge in [-0.2, -0.15) is 5.10 Å². The fraction of sp³-hybridized carbons (Fsp3) is 0.0833. The van der Waals surface area contributed by atoms with Crippen molar-refractivity contribution >= 4 is 22.7 Å². The van der Waals surface area contributed by atoms with E-state index in [1.54, 1.807) is 13.3 Å². The molecule has 0 aliphatic carbocycles. The van der Waals surface area contributed by atoms with Crippen molar-refractivity contribution in [2.45, 2.75) is 6.61 Å². The number of nitrogens with one attached hydrogen (secondary N) is 1. The molecule has 1 N–H and O–H groups in total. The largest absolute Gasteiger partial charge is 0.496 e. The van der Waals surface area contributed by atoms with Gasteiger partial charge in [-0.1, -0.05) is 54.6 Å². The number of aromatic nitrogens is 1. The first-order valence-corrected chi connectivity index (χ1v) is 10.3. The number of hydrazone groups is 1. The van der Waals surface area contributed by atoms with Crippen LogP contribution in [0.15, 0.2) is 89.3 Å². The Bertz CT molecular complexity index is 1130. The molecule has 5 nitrogen and oxygen atoms in total. The van der Waals surface area contributed by atoms with Gasteiger partial charge in [-0.15, -0.1) is 11.3 Å². The van der Waals surface area contributed by atoms with Crippen LogP contribution in [0.2, 0.25) is 0 Å². The van der Waals surface area contributed by atoms with E-state index in [4.69, 9.17) is 9.47 Å². The maximum absolute atomic E-state index is 5.87. The third-order valence-corrected chi connectivity index (χ3v) is 5.11. The molecule has 1 heterocycles. The quantitative estimate of drug-likeness (QED) is 0.290. The third kappa shape index (κ3) is 5.04. The minimum absolute atomic E-state index is 0.532. The monoisotopic (exact) mass is 415 g/mol. The number of rotatable bonds is 8. The third-order valence-electron chi connectivity index (χ3n) is 4.37. The fourth-order valence-corrected chi connectivity index (χ4v) is 3.55. The van der Waals surface area contributed by atoms with Crippen molar-refractivity contribution in [3.05, 3.63) is 95.4 Å². The summed E-state index contributed by atoms with van der Waals surface area (Å²) in [5.41, 5.74) is 6.87. The second-order valence-electron chi connectivity index (χ2n) is 6.45. The molecule has 0 aliphatic rings. The van der Waals surface area contributed by atoms with Crippen LogP contribution >= 0.6 is 11.3 Å². The highest BCUT2D eigenvalue weighted by molar-refractivity contribution is 7.14. The Labute approximate surface area is 179 Å². The number of benzene rings is 3. The van der Waals surface area contributed by atoms with E-state index in [9.17, 15) is 0 Å². The van der Waals surface area contributed by atoms with E-state index in [2.05, 4.69) is 15.5 Å². The molecule has 4 rings (SSSR count). The molecule has 0 fully saturated rings. The molecule has 0 spiro atoms. The van der Waals surface area contributed by atoms with Gasteiger partial charge in [0.2, 0.25) is 5.13 Å². The predicted octanol–water partition coefficient (Wildman–Crippen LogP) is 5.84. The van der Waals surface area contributed by atoms with Gasteiger partial charge in [0.25, 0.3) is 0 Å². The Kier molecular flexibility index (Phi) is 6.37. The molecule has 6 heteroatoms. The second-order valence-corrected chi connectivity index (χ2v) is 7.31. The van der Waals surface area contributed by atoms with Gasteiger partial charge in [0, 0.05) is 10.9 Å². The molecule has 1 aromatic heterocycles. The van der Waals surface area contributed by atoms with Crippen molar-refractivity contribution in [3.8, 4) is 22.8 Å². The van der Waals surface area contributed by atoms with Crippen molar-refractivity contribution in [2.75, 3.05) is 12.5 Å². The molecular weight excluding hydrogens is 394 g/mol. The zero-order chi connectivity index (χ0) is 20.6. The molecule has 30 heavy (non-hydrogen) atoms. The van der Waals surface area contributed by atoms with E-state index >= 15 is 0 Å². The van der Waals surface area contributed by atoms with Crippen LogP contribution in [-0.2, 0) is 6.61 Å².